The molecule has 0 N–H and O–H groups in total. The summed E-state index contributed by atoms with van der Waals surface area (Å²) in [7, 11) is 0. The summed E-state index contributed by atoms with van der Waals surface area (Å²) in [5.41, 5.74) is 0. The van der Waals surface area contributed by atoms with Crippen molar-refractivity contribution in [3.8, 4) is 0 Å². The van der Waals surface area contributed by atoms with Gasteiger partial charge in [-0.25, -0.2) is 12.1 Å². The summed E-state index contributed by atoms with van der Waals surface area (Å²) < 4.78 is 0. The molecule has 12 heavy (non-hydrogen) atoms. The van der Waals surface area contributed by atoms with Gasteiger partial charge < -0.3 is 22.3 Å². The monoisotopic (exact) mass is 266 g/mol. The van der Waals surface area contributed by atoms with Gasteiger partial charge in [-0.1, -0.05) is 0 Å². The van der Waals surface area contributed by atoms with Crippen molar-refractivity contribution in [2.24, 2.45) is 0 Å². The molecule has 0 heterocycles. The molecular formula is C8H17Cl3Ti. The molecule has 0 bridgehead atoms. The average Bonchev–Trinajstić information content (AvgIpc) is 1.76. The molecule has 0 aliphatic carbocycles. The summed E-state index contributed by atoms with van der Waals surface area (Å²) >= 11 is 0. The van der Waals surface area contributed by atoms with E-state index in [9.17, 15) is 0 Å². The van der Waals surface area contributed by atoms with Gasteiger partial charge in [0.15, 0.2) is 0 Å². The maximum atomic E-state index is 2.00. The summed E-state index contributed by atoms with van der Waals surface area (Å²) in [5.74, 6) is 0. The van der Waals surface area contributed by atoms with E-state index in [1.165, 1.54) is 0 Å². The molecule has 0 radical (unpaired) electrons. The van der Waals surface area contributed by atoms with Gasteiger partial charge in [-0.15, -0.1) is 37.2 Å². The zero-order valence-electron chi connectivity index (χ0n) is 7.61. The van der Waals surface area contributed by atoms with Crippen molar-refractivity contribution in [3.63, 3.8) is 0 Å². The second-order valence-electron chi connectivity index (χ2n) is 0.962. The molecule has 0 aliphatic heterocycles. The summed E-state index contributed by atoms with van der Waals surface area (Å²) in [4.78, 5) is 0. The number of hydrogen-bond acceptors (Lipinski definition) is 0. The van der Waals surface area contributed by atoms with Crippen LogP contribution in [0, 0.1) is 22.3 Å². The predicted molar refractivity (Wildman–Crippen MR) is 63.0 cm³/mol. The van der Waals surface area contributed by atoms with Crippen LogP contribution in [0.25, 0.3) is 0 Å². The fourth-order valence-electron chi connectivity index (χ4n) is 0.321. The molecule has 0 saturated heterocycles. The molecule has 0 spiro atoms. The maximum Gasteiger partial charge on any atom is 4.00 e. The van der Waals surface area contributed by atoms with Crippen LogP contribution in [0.15, 0.2) is 30.3 Å². The van der Waals surface area contributed by atoms with Gasteiger partial charge in [-0.05, 0) is 0 Å². The molecule has 0 fully saturated rings. The third kappa shape index (κ3) is 30.6. The summed E-state index contributed by atoms with van der Waals surface area (Å²) in [6.07, 6.45) is 0. The van der Waals surface area contributed by atoms with Gasteiger partial charge in [0.1, 0.15) is 0 Å². The number of hydrogen-bond donors (Lipinski definition) is 0. The molecule has 0 nitrogen and oxygen atoms in total. The van der Waals surface area contributed by atoms with Gasteiger partial charge in [0.05, 0.1) is 0 Å². The molecule has 0 saturated carbocycles. The minimum atomic E-state index is 0. The van der Waals surface area contributed by atoms with E-state index in [1.807, 2.05) is 30.3 Å². The zero-order chi connectivity index (χ0) is 3.54. The van der Waals surface area contributed by atoms with Crippen molar-refractivity contribution >= 4 is 37.2 Å². The minimum absolute atomic E-state index is 0. The van der Waals surface area contributed by atoms with Crippen LogP contribution in [0.2, 0.25) is 0 Å². The maximum absolute atomic E-state index is 2.00. The van der Waals surface area contributed by atoms with Gasteiger partial charge in [-0.3, -0.25) is 0 Å². The first-order chi connectivity index (χ1) is 2.50. The molecule has 0 aliphatic rings. The molecule has 1 aromatic carbocycles. The molecule has 0 atom stereocenters. The molecule has 74 valence electrons. The van der Waals surface area contributed by atoms with Crippen LogP contribution in [-0.2, 0) is 21.7 Å². The Balaban J connectivity index is -0.00000000714. The Morgan fingerprint density at radius 3 is 1.00 bits per heavy atom. The van der Waals surface area contributed by atoms with Crippen molar-refractivity contribution in [1.82, 2.24) is 0 Å². The van der Waals surface area contributed by atoms with Crippen LogP contribution in [-0.4, -0.2) is 0 Å². The van der Waals surface area contributed by atoms with Crippen LogP contribution >= 0.6 is 37.2 Å². The van der Waals surface area contributed by atoms with E-state index in [4.69, 9.17) is 0 Å². The first-order valence-corrected chi connectivity index (χ1v) is 1.67. The smallest absolute Gasteiger partial charge is 0.358 e. The Bertz CT molecular complexity index is 70.8. The van der Waals surface area contributed by atoms with Gasteiger partial charge >= 0.3 is 21.7 Å². The first-order valence-electron chi connectivity index (χ1n) is 1.67. The normalized spacial score (nSPS) is 3.33. The Morgan fingerprint density at radius 2 is 0.917 bits per heavy atom. The standard InChI is InChI=1S/C5H5.3CH3.3ClH.Ti/c1-2-4-5-3-1;;;;;;;/h1-5H;3*1H3;3*1H;/q4*-1;;;;+4. The summed E-state index contributed by atoms with van der Waals surface area (Å²) in [6.45, 7) is 0. The van der Waals surface area contributed by atoms with E-state index in [2.05, 4.69) is 0 Å². The van der Waals surface area contributed by atoms with Crippen LogP contribution in [0.5, 0.6) is 0 Å². The fourth-order valence-corrected chi connectivity index (χ4v) is 0.321. The minimum Gasteiger partial charge on any atom is -0.358 e. The van der Waals surface area contributed by atoms with Crippen molar-refractivity contribution in [1.29, 1.82) is 0 Å². The van der Waals surface area contributed by atoms with Gasteiger partial charge in [0, 0.05) is 0 Å². The zero-order valence-corrected chi connectivity index (χ0v) is 11.6. The van der Waals surface area contributed by atoms with Crippen LogP contribution in [0.1, 0.15) is 0 Å². The van der Waals surface area contributed by atoms with Gasteiger partial charge in [0.25, 0.3) is 0 Å². The van der Waals surface area contributed by atoms with E-state index >= 15 is 0 Å². The van der Waals surface area contributed by atoms with E-state index in [1.54, 1.807) is 0 Å². The number of halogens is 3. The van der Waals surface area contributed by atoms with E-state index in [0.29, 0.717) is 0 Å². The predicted octanol–water partition coefficient (Wildman–Crippen LogP) is 4.02. The molecule has 0 aromatic heterocycles. The van der Waals surface area contributed by atoms with E-state index in [0.717, 1.165) is 0 Å². The Hall–Kier alpha value is 0.934. The summed E-state index contributed by atoms with van der Waals surface area (Å²) in [6, 6.07) is 10.0. The third-order valence-corrected chi connectivity index (χ3v) is 0.556. The second-order valence-corrected chi connectivity index (χ2v) is 0.962. The van der Waals surface area contributed by atoms with Gasteiger partial charge in [-0.2, -0.15) is 18.2 Å². The van der Waals surface area contributed by atoms with Crippen LogP contribution in [0.4, 0.5) is 0 Å². The summed E-state index contributed by atoms with van der Waals surface area (Å²) in [5, 5.41) is 0. The molecule has 4 heteroatoms. The molecular weight excluding hydrogens is 250 g/mol. The second kappa shape index (κ2) is 40.5. The third-order valence-electron chi connectivity index (χ3n) is 0.556. The van der Waals surface area contributed by atoms with E-state index in [-0.39, 0.29) is 81.2 Å². The SMILES string of the molecule is Cl.Cl.Cl.[CH3-].[CH3-].[CH3-].[Ti+4].c1cc[cH-]c1. The molecule has 1 aromatic rings. The topological polar surface area (TPSA) is 0 Å². The largest absolute Gasteiger partial charge is 4.00 e. The fraction of sp³-hybridized carbons (Fsp3) is 0. The van der Waals surface area contributed by atoms with Crippen molar-refractivity contribution in [3.05, 3.63) is 52.6 Å². The molecule has 0 unspecified atom stereocenters. The average molecular weight is 267 g/mol. The van der Waals surface area contributed by atoms with Gasteiger partial charge in [0.2, 0.25) is 0 Å². The van der Waals surface area contributed by atoms with Crippen molar-refractivity contribution in [2.75, 3.05) is 0 Å². The Labute approximate surface area is 111 Å². The van der Waals surface area contributed by atoms with Crippen LogP contribution < -0.4 is 0 Å². The van der Waals surface area contributed by atoms with Crippen molar-refractivity contribution < 1.29 is 21.7 Å². The Morgan fingerprint density at radius 1 is 0.667 bits per heavy atom. The quantitative estimate of drug-likeness (QED) is 0.492. The first kappa shape index (κ1) is 52.3. The number of rotatable bonds is 0. The van der Waals surface area contributed by atoms with E-state index < -0.39 is 0 Å². The molecule has 0 amide bonds. The van der Waals surface area contributed by atoms with Crippen molar-refractivity contribution in [2.45, 2.75) is 0 Å². The molecule has 1 rings (SSSR count). The van der Waals surface area contributed by atoms with Crippen LogP contribution in [0.3, 0.4) is 0 Å². The Kier molecular flexibility index (Phi) is 177.